The number of nitrogens with zero attached hydrogens (tertiary/aromatic N) is 2. The molecule has 0 fully saturated rings. The van der Waals surface area contributed by atoms with Gasteiger partial charge in [-0.15, -0.1) is 11.3 Å². The number of benzene rings is 1. The summed E-state index contributed by atoms with van der Waals surface area (Å²) in [6.07, 6.45) is 0. The van der Waals surface area contributed by atoms with Gasteiger partial charge in [0, 0.05) is 35.1 Å². The number of fused-ring (bicyclic) bond motifs is 1. The van der Waals surface area contributed by atoms with Gasteiger partial charge in [0.1, 0.15) is 5.82 Å². The molecule has 0 saturated heterocycles. The van der Waals surface area contributed by atoms with Crippen LogP contribution in [-0.2, 0) is 13.1 Å². The molecule has 0 unspecified atom stereocenters. The highest BCUT2D eigenvalue weighted by atomic mass is 32.1. The maximum atomic E-state index is 13.2. The molecule has 5 heteroatoms. The Labute approximate surface area is 121 Å². The van der Waals surface area contributed by atoms with Crippen LogP contribution in [0.1, 0.15) is 16.4 Å². The zero-order chi connectivity index (χ0) is 14.1. The number of aromatic nitrogens is 2. The second-order valence-electron chi connectivity index (χ2n) is 5.06. The Bertz CT molecular complexity index is 732. The van der Waals surface area contributed by atoms with Crippen molar-refractivity contribution < 1.29 is 4.39 Å². The molecule has 0 aliphatic rings. The van der Waals surface area contributed by atoms with Gasteiger partial charge in [-0.05, 0) is 38.2 Å². The zero-order valence-corrected chi connectivity index (χ0v) is 12.3. The van der Waals surface area contributed by atoms with E-state index in [1.165, 1.54) is 6.07 Å². The van der Waals surface area contributed by atoms with E-state index >= 15 is 0 Å². The molecule has 3 aromatic rings. The van der Waals surface area contributed by atoms with E-state index in [0.717, 1.165) is 40.4 Å². The average Bonchev–Trinajstić information content (AvgIpc) is 2.94. The molecule has 3 rings (SSSR count). The molecule has 0 aliphatic heterocycles. The van der Waals surface area contributed by atoms with Crippen molar-refractivity contribution in [1.29, 1.82) is 0 Å². The molecule has 0 radical (unpaired) electrons. The van der Waals surface area contributed by atoms with Crippen LogP contribution in [0.5, 0.6) is 0 Å². The Morgan fingerprint density at radius 3 is 2.90 bits per heavy atom. The Kier molecular flexibility index (Phi) is 3.54. The Morgan fingerprint density at radius 2 is 2.15 bits per heavy atom. The van der Waals surface area contributed by atoms with E-state index in [4.69, 9.17) is 0 Å². The summed E-state index contributed by atoms with van der Waals surface area (Å²) < 4.78 is 13.2. The normalized spacial score (nSPS) is 11.6. The number of hydrogen-bond acceptors (Lipinski definition) is 3. The van der Waals surface area contributed by atoms with Gasteiger partial charge in [-0.1, -0.05) is 0 Å². The van der Waals surface area contributed by atoms with Crippen molar-refractivity contribution in [2.45, 2.75) is 20.0 Å². The molecular weight excluding hydrogens is 273 g/mol. The maximum Gasteiger partial charge on any atom is 0.123 e. The van der Waals surface area contributed by atoms with Crippen LogP contribution in [0.2, 0.25) is 0 Å². The van der Waals surface area contributed by atoms with Gasteiger partial charge >= 0.3 is 0 Å². The number of thiazole rings is 1. The van der Waals surface area contributed by atoms with Gasteiger partial charge in [0.05, 0.1) is 10.7 Å². The molecule has 0 spiro atoms. The highest BCUT2D eigenvalue weighted by Gasteiger charge is 2.07. The lowest BCUT2D eigenvalue weighted by molar-refractivity contribution is 0.312. The first kappa shape index (κ1) is 13.3. The highest BCUT2D eigenvalue weighted by molar-refractivity contribution is 7.09. The summed E-state index contributed by atoms with van der Waals surface area (Å²) in [7, 11) is 2.06. The quantitative estimate of drug-likeness (QED) is 0.794. The minimum atomic E-state index is -0.200. The first-order valence-electron chi connectivity index (χ1n) is 6.47. The maximum absolute atomic E-state index is 13.2. The molecule has 3 nitrogen and oxygen atoms in total. The molecule has 2 heterocycles. The second-order valence-corrected chi connectivity index (χ2v) is 6.12. The third-order valence-corrected chi connectivity index (χ3v) is 4.00. The van der Waals surface area contributed by atoms with Crippen molar-refractivity contribution in [3.63, 3.8) is 0 Å². The van der Waals surface area contributed by atoms with Crippen LogP contribution in [-0.4, -0.2) is 21.9 Å². The average molecular weight is 289 g/mol. The summed E-state index contributed by atoms with van der Waals surface area (Å²) in [6, 6.07) is 6.81. The number of H-pyrrole nitrogens is 1. The number of hydrogen-bond donors (Lipinski definition) is 1. The van der Waals surface area contributed by atoms with Crippen LogP contribution in [0.4, 0.5) is 4.39 Å². The lowest BCUT2D eigenvalue weighted by atomic mass is 10.2. The van der Waals surface area contributed by atoms with Crippen molar-refractivity contribution in [3.05, 3.63) is 51.9 Å². The van der Waals surface area contributed by atoms with Crippen molar-refractivity contribution in [1.82, 2.24) is 14.9 Å². The summed E-state index contributed by atoms with van der Waals surface area (Å²) in [5, 5.41) is 4.10. The first-order chi connectivity index (χ1) is 9.60. The lowest BCUT2D eigenvalue weighted by Gasteiger charge is -2.13. The largest absolute Gasteiger partial charge is 0.357 e. The molecule has 1 N–H and O–H groups in total. The molecule has 1 aromatic carbocycles. The summed E-state index contributed by atoms with van der Waals surface area (Å²) >= 11 is 1.67. The Hall–Kier alpha value is -1.72. The summed E-state index contributed by atoms with van der Waals surface area (Å²) in [4.78, 5) is 9.97. The van der Waals surface area contributed by atoms with Crippen molar-refractivity contribution >= 4 is 22.2 Å². The fourth-order valence-corrected chi connectivity index (χ4v) is 2.96. The van der Waals surface area contributed by atoms with Crippen molar-refractivity contribution in [2.75, 3.05) is 7.05 Å². The Morgan fingerprint density at radius 1 is 1.30 bits per heavy atom. The van der Waals surface area contributed by atoms with Gasteiger partial charge in [0.25, 0.3) is 0 Å². The lowest BCUT2D eigenvalue weighted by Crippen LogP contribution is -2.17. The van der Waals surface area contributed by atoms with E-state index in [-0.39, 0.29) is 5.82 Å². The predicted molar refractivity (Wildman–Crippen MR) is 80.3 cm³/mol. The number of halogens is 1. The molecular formula is C15H16FN3S. The summed E-state index contributed by atoms with van der Waals surface area (Å²) in [5.74, 6) is -0.200. The molecule has 20 heavy (non-hydrogen) atoms. The molecule has 2 aromatic heterocycles. The molecule has 0 saturated carbocycles. The summed E-state index contributed by atoms with van der Waals surface area (Å²) in [5.41, 5.74) is 3.15. The fraction of sp³-hybridized carbons (Fsp3) is 0.267. The number of nitrogens with one attached hydrogen (secondary N) is 1. The van der Waals surface area contributed by atoms with Gasteiger partial charge < -0.3 is 4.98 Å². The van der Waals surface area contributed by atoms with Gasteiger partial charge in [-0.3, -0.25) is 4.90 Å². The SMILES string of the molecule is Cc1nc(CN(C)Cc2cc3cc(F)ccc3[nH]2)cs1. The number of aromatic amines is 1. The third kappa shape index (κ3) is 2.89. The van der Waals surface area contributed by atoms with E-state index in [0.29, 0.717) is 0 Å². The first-order valence-corrected chi connectivity index (χ1v) is 7.35. The van der Waals surface area contributed by atoms with Crippen LogP contribution in [0.15, 0.2) is 29.6 Å². The molecule has 0 atom stereocenters. The van der Waals surface area contributed by atoms with Crippen LogP contribution in [0, 0.1) is 12.7 Å². The van der Waals surface area contributed by atoms with E-state index in [9.17, 15) is 4.39 Å². The van der Waals surface area contributed by atoms with E-state index in [1.807, 2.05) is 13.0 Å². The smallest absolute Gasteiger partial charge is 0.123 e. The Balaban J connectivity index is 1.72. The standard InChI is InChI=1S/C15H16FN3S/c1-10-17-14(9-20-10)8-19(2)7-13-6-11-5-12(16)3-4-15(11)18-13/h3-6,9,18H,7-8H2,1-2H3. The predicted octanol–water partition coefficient (Wildman–Crippen LogP) is 3.70. The van der Waals surface area contributed by atoms with Gasteiger partial charge in [-0.25, -0.2) is 9.37 Å². The minimum Gasteiger partial charge on any atom is -0.357 e. The van der Waals surface area contributed by atoms with Crippen LogP contribution in [0.3, 0.4) is 0 Å². The third-order valence-electron chi connectivity index (χ3n) is 3.18. The summed E-state index contributed by atoms with van der Waals surface area (Å²) in [6.45, 7) is 3.61. The van der Waals surface area contributed by atoms with Gasteiger partial charge in [0.15, 0.2) is 0 Å². The molecule has 104 valence electrons. The van der Waals surface area contributed by atoms with E-state index in [2.05, 4.69) is 27.3 Å². The van der Waals surface area contributed by atoms with Crippen LogP contribution >= 0.6 is 11.3 Å². The van der Waals surface area contributed by atoms with E-state index < -0.39 is 0 Å². The monoisotopic (exact) mass is 289 g/mol. The van der Waals surface area contributed by atoms with Gasteiger partial charge in [0.2, 0.25) is 0 Å². The second kappa shape index (κ2) is 5.34. The molecule has 0 bridgehead atoms. The minimum absolute atomic E-state index is 0.200. The van der Waals surface area contributed by atoms with Crippen molar-refractivity contribution in [2.24, 2.45) is 0 Å². The van der Waals surface area contributed by atoms with Gasteiger partial charge in [-0.2, -0.15) is 0 Å². The van der Waals surface area contributed by atoms with Crippen LogP contribution in [0.25, 0.3) is 10.9 Å². The fourth-order valence-electron chi connectivity index (χ4n) is 2.35. The van der Waals surface area contributed by atoms with Crippen molar-refractivity contribution in [3.8, 4) is 0 Å². The highest BCUT2D eigenvalue weighted by Crippen LogP contribution is 2.18. The van der Waals surface area contributed by atoms with E-state index in [1.54, 1.807) is 23.5 Å². The molecule has 0 amide bonds. The zero-order valence-electron chi connectivity index (χ0n) is 11.5. The number of aryl methyl sites for hydroxylation is 1. The van der Waals surface area contributed by atoms with Crippen LogP contribution < -0.4 is 0 Å². The number of rotatable bonds is 4. The topological polar surface area (TPSA) is 31.9 Å². The molecule has 0 aliphatic carbocycles.